The van der Waals surface area contributed by atoms with Crippen LogP contribution in [-0.4, -0.2) is 36.0 Å². The summed E-state index contributed by atoms with van der Waals surface area (Å²) in [5.74, 6) is -0.125. The van der Waals surface area contributed by atoms with E-state index in [4.69, 9.17) is 4.74 Å². The smallest absolute Gasteiger partial charge is 0.328 e. The maximum atomic E-state index is 12.2. The first kappa shape index (κ1) is 18.0. The molecule has 0 bridgehead atoms. The highest BCUT2D eigenvalue weighted by Gasteiger charge is 2.40. The van der Waals surface area contributed by atoms with E-state index in [0.29, 0.717) is 12.8 Å². The molecule has 1 atom stereocenters. The van der Waals surface area contributed by atoms with Gasteiger partial charge in [0.05, 0.1) is 7.11 Å². The molecule has 4 heteroatoms. The Kier molecular flexibility index (Phi) is 8.40. The van der Waals surface area contributed by atoms with Gasteiger partial charge in [-0.05, 0) is 19.3 Å². The molecule has 0 aliphatic carbocycles. The summed E-state index contributed by atoms with van der Waals surface area (Å²) in [7, 11) is 1.41. The van der Waals surface area contributed by atoms with Crippen molar-refractivity contribution in [1.29, 1.82) is 0 Å². The zero-order valence-electron chi connectivity index (χ0n) is 13.9. The molecule has 21 heavy (non-hydrogen) atoms. The summed E-state index contributed by atoms with van der Waals surface area (Å²) in [6.07, 6.45) is 10.1. The third-order valence-corrected chi connectivity index (χ3v) is 4.40. The minimum Gasteiger partial charge on any atom is -0.467 e. The second-order valence-corrected chi connectivity index (χ2v) is 6.02. The number of carbonyl (C=O) groups is 2. The fraction of sp³-hybridized carbons (Fsp3) is 0.882. The second kappa shape index (κ2) is 9.80. The van der Waals surface area contributed by atoms with E-state index in [1.54, 1.807) is 0 Å². The summed E-state index contributed by atoms with van der Waals surface area (Å²) in [6.45, 7) is 4.37. The fourth-order valence-electron chi connectivity index (χ4n) is 3.21. The van der Waals surface area contributed by atoms with Gasteiger partial charge in [0, 0.05) is 12.5 Å². The maximum absolute atomic E-state index is 12.2. The molecule has 1 fully saturated rings. The van der Waals surface area contributed by atoms with Gasteiger partial charge in [0.25, 0.3) is 0 Å². The van der Waals surface area contributed by atoms with Crippen molar-refractivity contribution in [2.45, 2.75) is 90.1 Å². The highest BCUT2D eigenvalue weighted by Crippen LogP contribution is 2.28. The predicted molar refractivity (Wildman–Crippen MR) is 84.0 cm³/mol. The molecule has 0 aromatic carbocycles. The first-order chi connectivity index (χ1) is 10.2. The first-order valence-electron chi connectivity index (χ1n) is 8.54. The first-order valence-corrected chi connectivity index (χ1v) is 8.54. The average Bonchev–Trinajstić information content (AvgIpc) is 2.87. The van der Waals surface area contributed by atoms with Crippen LogP contribution in [0.3, 0.4) is 0 Å². The van der Waals surface area contributed by atoms with E-state index in [9.17, 15) is 9.59 Å². The van der Waals surface area contributed by atoms with Gasteiger partial charge in [-0.2, -0.15) is 0 Å². The third-order valence-electron chi connectivity index (χ3n) is 4.40. The van der Waals surface area contributed by atoms with Crippen molar-refractivity contribution in [2.24, 2.45) is 0 Å². The van der Waals surface area contributed by atoms with E-state index in [2.05, 4.69) is 13.8 Å². The number of ether oxygens (including phenoxy) is 1. The van der Waals surface area contributed by atoms with Crippen LogP contribution in [0.5, 0.6) is 0 Å². The molecule has 122 valence electrons. The number of rotatable bonds is 10. The van der Waals surface area contributed by atoms with Gasteiger partial charge < -0.3 is 9.64 Å². The Bertz CT molecular complexity index is 320. The SMILES string of the molecule is CCCCCC(CCCCC)N1C(=O)CCC1C(=O)OC. The molecular formula is C17H31NO3. The number of hydrogen-bond acceptors (Lipinski definition) is 3. The number of unbranched alkanes of at least 4 members (excludes halogenated alkanes) is 4. The Morgan fingerprint density at radius 3 is 2.24 bits per heavy atom. The van der Waals surface area contributed by atoms with Crippen LogP contribution in [0, 0.1) is 0 Å². The van der Waals surface area contributed by atoms with E-state index in [0.717, 1.165) is 25.7 Å². The van der Waals surface area contributed by atoms with Gasteiger partial charge in [0.2, 0.25) is 5.91 Å². The summed E-state index contributed by atoms with van der Waals surface area (Å²) in [5, 5.41) is 0. The number of methoxy groups -OCH3 is 1. The molecule has 1 amide bonds. The van der Waals surface area contributed by atoms with Crippen LogP contribution in [0.15, 0.2) is 0 Å². The lowest BCUT2D eigenvalue weighted by molar-refractivity contribution is -0.151. The highest BCUT2D eigenvalue weighted by atomic mass is 16.5. The highest BCUT2D eigenvalue weighted by molar-refractivity contribution is 5.88. The minimum absolute atomic E-state index is 0.128. The Morgan fingerprint density at radius 1 is 1.19 bits per heavy atom. The van der Waals surface area contributed by atoms with Crippen molar-refractivity contribution < 1.29 is 14.3 Å². The van der Waals surface area contributed by atoms with Gasteiger partial charge >= 0.3 is 5.97 Å². The van der Waals surface area contributed by atoms with Gasteiger partial charge in [-0.1, -0.05) is 52.4 Å². The molecule has 4 nitrogen and oxygen atoms in total. The van der Waals surface area contributed by atoms with E-state index in [1.807, 2.05) is 4.90 Å². The molecule has 0 aromatic rings. The molecule has 0 N–H and O–H groups in total. The largest absolute Gasteiger partial charge is 0.467 e. The number of likely N-dealkylation sites (tertiary alicyclic amines) is 1. The Hall–Kier alpha value is -1.06. The average molecular weight is 297 g/mol. The van der Waals surface area contributed by atoms with Crippen molar-refractivity contribution in [1.82, 2.24) is 4.90 Å². The zero-order valence-corrected chi connectivity index (χ0v) is 13.9. The quantitative estimate of drug-likeness (QED) is 0.456. The van der Waals surface area contributed by atoms with Crippen LogP contribution in [0.25, 0.3) is 0 Å². The maximum Gasteiger partial charge on any atom is 0.328 e. The molecule has 0 radical (unpaired) electrons. The number of esters is 1. The Morgan fingerprint density at radius 2 is 1.76 bits per heavy atom. The molecule has 1 aliphatic heterocycles. The van der Waals surface area contributed by atoms with E-state index < -0.39 is 0 Å². The Balaban J connectivity index is 2.71. The summed E-state index contributed by atoms with van der Waals surface area (Å²) >= 11 is 0. The van der Waals surface area contributed by atoms with Crippen LogP contribution in [-0.2, 0) is 14.3 Å². The van der Waals surface area contributed by atoms with Crippen LogP contribution in [0.1, 0.15) is 78.1 Å². The zero-order chi connectivity index (χ0) is 15.7. The van der Waals surface area contributed by atoms with Crippen LogP contribution in [0.4, 0.5) is 0 Å². The van der Waals surface area contributed by atoms with Gasteiger partial charge in [-0.15, -0.1) is 0 Å². The topological polar surface area (TPSA) is 46.6 Å². The predicted octanol–water partition coefficient (Wildman–Crippen LogP) is 3.68. The lowest BCUT2D eigenvalue weighted by atomic mass is 9.99. The van der Waals surface area contributed by atoms with E-state index in [1.165, 1.54) is 32.8 Å². The fourth-order valence-corrected chi connectivity index (χ4v) is 3.21. The monoisotopic (exact) mass is 297 g/mol. The van der Waals surface area contributed by atoms with Gasteiger partial charge in [-0.3, -0.25) is 4.79 Å². The standard InChI is InChI=1S/C17H31NO3/c1-4-6-8-10-14(11-9-7-5-2)18-15(17(20)21-3)12-13-16(18)19/h14-15H,4-13H2,1-3H3. The summed E-state index contributed by atoms with van der Waals surface area (Å²) < 4.78 is 4.88. The molecule has 0 saturated carbocycles. The number of nitrogens with zero attached hydrogens (tertiary/aromatic N) is 1. The Labute approximate surface area is 129 Å². The van der Waals surface area contributed by atoms with E-state index >= 15 is 0 Å². The van der Waals surface area contributed by atoms with Gasteiger partial charge in [0.15, 0.2) is 0 Å². The van der Waals surface area contributed by atoms with Crippen LogP contribution < -0.4 is 0 Å². The molecule has 1 heterocycles. The minimum atomic E-state index is -0.351. The molecular weight excluding hydrogens is 266 g/mol. The normalized spacial score (nSPS) is 18.6. The van der Waals surface area contributed by atoms with Crippen molar-refractivity contribution >= 4 is 11.9 Å². The molecule has 0 spiro atoms. The van der Waals surface area contributed by atoms with Crippen LogP contribution in [0.2, 0.25) is 0 Å². The summed E-state index contributed by atoms with van der Waals surface area (Å²) in [5.41, 5.74) is 0. The lowest BCUT2D eigenvalue weighted by Gasteiger charge is -2.32. The van der Waals surface area contributed by atoms with Crippen molar-refractivity contribution in [2.75, 3.05) is 7.11 Å². The summed E-state index contributed by atoms with van der Waals surface area (Å²) in [6, 6.07) is -0.141. The van der Waals surface area contributed by atoms with Crippen molar-refractivity contribution in [3.05, 3.63) is 0 Å². The molecule has 1 aliphatic rings. The lowest BCUT2D eigenvalue weighted by Crippen LogP contribution is -2.46. The van der Waals surface area contributed by atoms with Gasteiger partial charge in [-0.25, -0.2) is 4.79 Å². The van der Waals surface area contributed by atoms with Crippen LogP contribution >= 0.6 is 0 Å². The number of amides is 1. The molecule has 0 aromatic heterocycles. The van der Waals surface area contributed by atoms with Gasteiger partial charge in [0.1, 0.15) is 6.04 Å². The molecule has 1 rings (SSSR count). The van der Waals surface area contributed by atoms with Crippen molar-refractivity contribution in [3.63, 3.8) is 0 Å². The number of carbonyl (C=O) groups excluding carboxylic acids is 2. The summed E-state index contributed by atoms with van der Waals surface area (Å²) in [4.78, 5) is 26.0. The van der Waals surface area contributed by atoms with Crippen molar-refractivity contribution in [3.8, 4) is 0 Å². The third kappa shape index (κ3) is 5.33. The molecule has 1 saturated heterocycles. The van der Waals surface area contributed by atoms with E-state index in [-0.39, 0.29) is 24.0 Å². The second-order valence-electron chi connectivity index (χ2n) is 6.02. The number of hydrogen-bond donors (Lipinski definition) is 0. The molecule has 1 unspecified atom stereocenters.